The van der Waals surface area contributed by atoms with E-state index < -0.39 is 0 Å². The second-order valence-electron chi connectivity index (χ2n) is 5.76. The van der Waals surface area contributed by atoms with Crippen LogP contribution in [-0.4, -0.2) is 9.97 Å². The second-order valence-corrected chi connectivity index (χ2v) is 7.88. The molecule has 0 amide bonds. The molecule has 3 aromatic heterocycles. The van der Waals surface area contributed by atoms with Gasteiger partial charge in [-0.05, 0) is 41.3 Å². The number of imidazole rings is 1. The minimum Gasteiger partial charge on any atom is -0.345 e. The van der Waals surface area contributed by atoms with Gasteiger partial charge >= 0.3 is 0 Å². The number of aromatic nitrogens is 2. The lowest BCUT2D eigenvalue weighted by Gasteiger charge is -1.99. The third-order valence-corrected chi connectivity index (χ3v) is 6.08. The second kappa shape index (κ2) is 7.06. The van der Waals surface area contributed by atoms with E-state index in [1.807, 2.05) is 41.8 Å². The maximum atomic E-state index is 8.86. The van der Waals surface area contributed by atoms with Crippen molar-refractivity contribution < 1.29 is 0 Å². The van der Waals surface area contributed by atoms with Crippen molar-refractivity contribution in [2.24, 2.45) is 0 Å². The number of aromatic amines is 1. The average molecular weight is 361 g/mol. The Labute approximate surface area is 154 Å². The summed E-state index contributed by atoms with van der Waals surface area (Å²) >= 11 is 3.59. The van der Waals surface area contributed by atoms with Gasteiger partial charge in [0, 0.05) is 39.4 Å². The van der Waals surface area contributed by atoms with Crippen LogP contribution in [0.3, 0.4) is 0 Å². The molecule has 1 N–H and O–H groups in total. The molecule has 0 saturated carbocycles. The molecule has 4 aromatic rings. The highest BCUT2D eigenvalue weighted by atomic mass is 32.1. The highest BCUT2D eigenvalue weighted by molar-refractivity contribution is 7.21. The van der Waals surface area contributed by atoms with Gasteiger partial charge in [-0.2, -0.15) is 5.26 Å². The lowest BCUT2D eigenvalue weighted by molar-refractivity contribution is 1.01. The molecule has 0 spiro atoms. The Hall–Kier alpha value is -2.68. The number of nitrogens with zero attached hydrogens (tertiary/aromatic N) is 2. The van der Waals surface area contributed by atoms with Gasteiger partial charge in [-0.15, -0.1) is 22.7 Å². The van der Waals surface area contributed by atoms with E-state index in [9.17, 15) is 0 Å². The van der Waals surface area contributed by atoms with E-state index in [2.05, 4.69) is 45.7 Å². The Morgan fingerprint density at radius 1 is 1.00 bits per heavy atom. The first kappa shape index (κ1) is 15.8. The first-order chi connectivity index (χ1) is 12.3. The summed E-state index contributed by atoms with van der Waals surface area (Å²) in [4.78, 5) is 11.9. The Balaban J connectivity index is 1.43. The van der Waals surface area contributed by atoms with Crippen LogP contribution in [0.5, 0.6) is 0 Å². The van der Waals surface area contributed by atoms with Crippen LogP contribution in [0.1, 0.15) is 27.5 Å². The smallest absolute Gasteiger partial charge is 0.111 e. The Morgan fingerprint density at radius 3 is 2.64 bits per heavy atom. The summed E-state index contributed by atoms with van der Waals surface area (Å²) in [6, 6.07) is 18.4. The van der Waals surface area contributed by atoms with Gasteiger partial charge in [0.25, 0.3) is 0 Å². The largest absolute Gasteiger partial charge is 0.345 e. The van der Waals surface area contributed by atoms with Gasteiger partial charge in [0.15, 0.2) is 0 Å². The highest BCUT2D eigenvalue weighted by Gasteiger charge is 2.07. The molecule has 0 aliphatic heterocycles. The maximum absolute atomic E-state index is 8.86. The number of rotatable bonds is 5. The number of H-pyrrole nitrogens is 1. The van der Waals surface area contributed by atoms with E-state index in [1.54, 1.807) is 11.3 Å². The minimum absolute atomic E-state index is 0.688. The standard InChI is InChI=1S/C20H15N3S2/c21-12-15-5-3-14(4-6-15)10-16-13-22-20(23-16)11-17-7-8-19(25-17)18-2-1-9-24-18/h1-9,13H,10-11H2,(H,22,23). The van der Waals surface area contributed by atoms with Gasteiger partial charge in [-0.1, -0.05) is 18.2 Å². The van der Waals surface area contributed by atoms with Crippen LogP contribution < -0.4 is 0 Å². The summed E-state index contributed by atoms with van der Waals surface area (Å²) in [5, 5.41) is 11.0. The zero-order valence-corrected chi connectivity index (χ0v) is 15.0. The van der Waals surface area contributed by atoms with Crippen molar-refractivity contribution in [3.05, 3.63) is 87.6 Å². The summed E-state index contributed by atoms with van der Waals surface area (Å²) < 4.78 is 0. The fourth-order valence-electron chi connectivity index (χ4n) is 2.69. The molecule has 0 bridgehead atoms. The molecule has 1 aromatic carbocycles. The Morgan fingerprint density at radius 2 is 1.88 bits per heavy atom. The van der Waals surface area contributed by atoms with Crippen LogP contribution in [0, 0.1) is 11.3 Å². The predicted octanol–water partition coefficient (Wildman–Crippen LogP) is 5.25. The molecule has 122 valence electrons. The molecule has 5 heteroatoms. The molecule has 0 unspecified atom stereocenters. The fraction of sp³-hybridized carbons (Fsp3) is 0.100. The Bertz CT molecular complexity index is 1000. The van der Waals surface area contributed by atoms with Gasteiger partial charge in [0.05, 0.1) is 11.6 Å². The summed E-state index contributed by atoms with van der Waals surface area (Å²) in [5.41, 5.74) is 2.95. The van der Waals surface area contributed by atoms with Crippen molar-refractivity contribution in [1.29, 1.82) is 5.26 Å². The summed E-state index contributed by atoms with van der Waals surface area (Å²) in [6.07, 6.45) is 3.52. The van der Waals surface area contributed by atoms with Gasteiger partial charge in [-0.25, -0.2) is 4.98 Å². The number of hydrogen-bond acceptors (Lipinski definition) is 4. The zero-order chi connectivity index (χ0) is 17.1. The first-order valence-electron chi connectivity index (χ1n) is 7.94. The molecule has 0 atom stereocenters. The molecular weight excluding hydrogens is 346 g/mol. The summed E-state index contributed by atoms with van der Waals surface area (Å²) in [7, 11) is 0. The third kappa shape index (κ3) is 3.71. The zero-order valence-electron chi connectivity index (χ0n) is 13.4. The molecule has 4 rings (SSSR count). The molecule has 25 heavy (non-hydrogen) atoms. The van der Waals surface area contributed by atoms with Crippen LogP contribution in [-0.2, 0) is 12.8 Å². The summed E-state index contributed by atoms with van der Waals surface area (Å²) in [5.74, 6) is 0.989. The molecule has 3 nitrogen and oxygen atoms in total. The SMILES string of the molecule is N#Cc1ccc(Cc2cnc(Cc3ccc(-c4cccs4)s3)[nH]2)cc1. The third-order valence-electron chi connectivity index (χ3n) is 3.93. The number of benzene rings is 1. The van der Waals surface area contributed by atoms with Crippen LogP contribution in [0.4, 0.5) is 0 Å². The van der Waals surface area contributed by atoms with Gasteiger partial charge in [-0.3, -0.25) is 0 Å². The van der Waals surface area contributed by atoms with E-state index in [1.165, 1.54) is 20.2 Å². The van der Waals surface area contributed by atoms with Crippen molar-refractivity contribution in [3.8, 4) is 15.8 Å². The quantitative estimate of drug-likeness (QED) is 0.527. The van der Waals surface area contributed by atoms with Gasteiger partial charge in [0.2, 0.25) is 0 Å². The van der Waals surface area contributed by atoms with Crippen molar-refractivity contribution in [2.75, 3.05) is 0 Å². The number of nitriles is 1. The average Bonchev–Trinajstić information content (AvgIpc) is 3.37. The van der Waals surface area contributed by atoms with Crippen molar-refractivity contribution >= 4 is 22.7 Å². The summed E-state index contributed by atoms with van der Waals surface area (Å²) in [6.45, 7) is 0. The Kier molecular flexibility index (Phi) is 4.47. The van der Waals surface area contributed by atoms with Gasteiger partial charge < -0.3 is 4.98 Å². The fourth-order valence-corrected chi connectivity index (χ4v) is 4.54. The van der Waals surface area contributed by atoms with E-state index in [0.29, 0.717) is 5.56 Å². The minimum atomic E-state index is 0.688. The van der Waals surface area contributed by atoms with E-state index in [4.69, 9.17) is 5.26 Å². The molecule has 0 fully saturated rings. The normalized spacial score (nSPS) is 10.7. The number of thiophene rings is 2. The highest BCUT2D eigenvalue weighted by Crippen LogP contribution is 2.32. The lowest BCUT2D eigenvalue weighted by Crippen LogP contribution is -1.91. The van der Waals surface area contributed by atoms with Crippen molar-refractivity contribution in [3.63, 3.8) is 0 Å². The van der Waals surface area contributed by atoms with Crippen LogP contribution in [0.2, 0.25) is 0 Å². The lowest BCUT2D eigenvalue weighted by atomic mass is 10.1. The maximum Gasteiger partial charge on any atom is 0.111 e. The number of nitrogens with one attached hydrogen (secondary N) is 1. The monoisotopic (exact) mass is 361 g/mol. The predicted molar refractivity (Wildman–Crippen MR) is 103 cm³/mol. The first-order valence-corrected chi connectivity index (χ1v) is 9.64. The topological polar surface area (TPSA) is 52.5 Å². The van der Waals surface area contributed by atoms with Gasteiger partial charge in [0.1, 0.15) is 5.82 Å². The molecular formula is C20H15N3S2. The molecule has 0 saturated heterocycles. The van der Waals surface area contributed by atoms with E-state index in [-0.39, 0.29) is 0 Å². The van der Waals surface area contributed by atoms with Crippen molar-refractivity contribution in [2.45, 2.75) is 12.8 Å². The van der Waals surface area contributed by atoms with Crippen LogP contribution >= 0.6 is 22.7 Å². The number of hydrogen-bond donors (Lipinski definition) is 1. The molecule has 0 aliphatic carbocycles. The molecule has 0 aliphatic rings. The van der Waals surface area contributed by atoms with E-state index >= 15 is 0 Å². The van der Waals surface area contributed by atoms with Crippen LogP contribution in [0.25, 0.3) is 9.75 Å². The van der Waals surface area contributed by atoms with Crippen LogP contribution in [0.15, 0.2) is 60.1 Å². The molecule has 0 radical (unpaired) electrons. The van der Waals surface area contributed by atoms with E-state index in [0.717, 1.165) is 24.4 Å². The molecule has 3 heterocycles. The van der Waals surface area contributed by atoms with Crippen molar-refractivity contribution in [1.82, 2.24) is 9.97 Å².